The molecule has 1 heterocycles. The Bertz CT molecular complexity index is 273. The van der Waals surface area contributed by atoms with E-state index in [0.29, 0.717) is 24.1 Å². The monoisotopic (exact) mass is 225 g/mol. The quantitative estimate of drug-likeness (QED) is 0.731. The number of carboxylic acid groups (broad SMARTS) is 1. The lowest BCUT2D eigenvalue weighted by Crippen LogP contribution is -2.34. The van der Waals surface area contributed by atoms with Crippen molar-refractivity contribution in [2.24, 2.45) is 0 Å². The zero-order chi connectivity index (χ0) is 12.1. The highest BCUT2D eigenvalue weighted by molar-refractivity contribution is 5.86. The smallest absolute Gasteiger partial charge is 0.331 e. The summed E-state index contributed by atoms with van der Waals surface area (Å²) in [6.45, 7) is 7.12. The van der Waals surface area contributed by atoms with Crippen molar-refractivity contribution in [3.05, 3.63) is 11.6 Å². The summed E-state index contributed by atoms with van der Waals surface area (Å²) in [4.78, 5) is 13.3. The molecule has 0 saturated carbocycles. The summed E-state index contributed by atoms with van der Waals surface area (Å²) in [6.07, 6.45) is 6.13. The second kappa shape index (κ2) is 6.04. The summed E-state index contributed by atoms with van der Waals surface area (Å²) in [5, 5.41) is 8.95. The normalized spacial score (nSPS) is 27.3. The van der Waals surface area contributed by atoms with Crippen LogP contribution in [-0.4, -0.2) is 34.6 Å². The molecule has 1 aliphatic heterocycles. The fraction of sp³-hybridized carbons (Fsp3) is 0.769. The molecule has 16 heavy (non-hydrogen) atoms. The number of nitrogens with zero attached hydrogens (tertiary/aromatic N) is 1. The highest BCUT2D eigenvalue weighted by Crippen LogP contribution is 2.25. The number of likely N-dealkylation sites (tertiary alicyclic amines) is 1. The molecule has 0 aromatic carbocycles. The minimum Gasteiger partial charge on any atom is -0.478 e. The average Bonchev–Trinajstić information content (AvgIpc) is 2.60. The maximum atomic E-state index is 10.9. The molecule has 2 unspecified atom stereocenters. The summed E-state index contributed by atoms with van der Waals surface area (Å²) in [5.74, 6) is -0.776. The van der Waals surface area contributed by atoms with E-state index in [4.69, 9.17) is 5.11 Å². The lowest BCUT2D eigenvalue weighted by Gasteiger charge is -2.26. The third-order valence-electron chi connectivity index (χ3n) is 3.63. The second-order valence-corrected chi connectivity index (χ2v) is 4.57. The van der Waals surface area contributed by atoms with E-state index in [1.54, 1.807) is 0 Å². The van der Waals surface area contributed by atoms with Gasteiger partial charge < -0.3 is 5.11 Å². The molecule has 0 aromatic heterocycles. The summed E-state index contributed by atoms with van der Waals surface area (Å²) in [7, 11) is 0. The molecule has 0 bridgehead atoms. The van der Waals surface area contributed by atoms with E-state index >= 15 is 0 Å². The van der Waals surface area contributed by atoms with Crippen molar-refractivity contribution in [1.29, 1.82) is 0 Å². The number of carboxylic acids is 1. The molecule has 0 spiro atoms. The molecule has 0 aromatic rings. The first kappa shape index (κ1) is 13.2. The van der Waals surface area contributed by atoms with Crippen molar-refractivity contribution in [1.82, 2.24) is 4.90 Å². The van der Waals surface area contributed by atoms with Crippen LogP contribution < -0.4 is 0 Å². The maximum Gasteiger partial charge on any atom is 0.331 e. The Morgan fingerprint density at radius 1 is 1.44 bits per heavy atom. The van der Waals surface area contributed by atoms with Crippen LogP contribution in [0.1, 0.15) is 46.5 Å². The molecule has 1 fully saturated rings. The van der Waals surface area contributed by atoms with Crippen LogP contribution in [0.5, 0.6) is 0 Å². The topological polar surface area (TPSA) is 40.5 Å². The Labute approximate surface area is 98.1 Å². The Morgan fingerprint density at radius 2 is 2.12 bits per heavy atom. The van der Waals surface area contributed by atoms with Gasteiger partial charge in [-0.1, -0.05) is 19.9 Å². The standard InChI is InChI=1S/C13H23NO2/c1-4-11(13(15)16)8-9-14-10(3)6-7-12(14)5-2/h8,10,12H,4-7,9H2,1-3H3,(H,15,16)/b11-8-. The van der Waals surface area contributed by atoms with Crippen molar-refractivity contribution in [3.63, 3.8) is 0 Å². The van der Waals surface area contributed by atoms with Crippen LogP contribution in [0.15, 0.2) is 11.6 Å². The molecule has 92 valence electrons. The van der Waals surface area contributed by atoms with Gasteiger partial charge in [0.15, 0.2) is 0 Å². The fourth-order valence-electron chi connectivity index (χ4n) is 2.49. The average molecular weight is 225 g/mol. The zero-order valence-corrected chi connectivity index (χ0v) is 10.6. The van der Waals surface area contributed by atoms with Gasteiger partial charge in [0.1, 0.15) is 0 Å². The third-order valence-corrected chi connectivity index (χ3v) is 3.63. The molecule has 1 aliphatic rings. The van der Waals surface area contributed by atoms with Gasteiger partial charge in [-0.05, 0) is 32.6 Å². The molecule has 3 nitrogen and oxygen atoms in total. The van der Waals surface area contributed by atoms with Crippen molar-refractivity contribution in [3.8, 4) is 0 Å². The van der Waals surface area contributed by atoms with Crippen molar-refractivity contribution in [2.75, 3.05) is 6.54 Å². The van der Waals surface area contributed by atoms with Gasteiger partial charge in [-0.15, -0.1) is 0 Å². The highest BCUT2D eigenvalue weighted by Gasteiger charge is 2.28. The van der Waals surface area contributed by atoms with Gasteiger partial charge in [-0.3, -0.25) is 4.90 Å². The van der Waals surface area contributed by atoms with E-state index in [2.05, 4.69) is 18.7 Å². The van der Waals surface area contributed by atoms with Gasteiger partial charge in [0.25, 0.3) is 0 Å². The number of aliphatic carboxylic acids is 1. The van der Waals surface area contributed by atoms with Crippen molar-refractivity contribution >= 4 is 5.97 Å². The largest absolute Gasteiger partial charge is 0.478 e. The van der Waals surface area contributed by atoms with E-state index in [9.17, 15) is 4.79 Å². The van der Waals surface area contributed by atoms with Crippen LogP contribution >= 0.6 is 0 Å². The molecule has 1 saturated heterocycles. The third kappa shape index (κ3) is 3.08. The van der Waals surface area contributed by atoms with Gasteiger partial charge in [0.05, 0.1) is 0 Å². The fourth-order valence-corrected chi connectivity index (χ4v) is 2.49. The van der Waals surface area contributed by atoms with Gasteiger partial charge in [0, 0.05) is 24.2 Å². The Morgan fingerprint density at radius 3 is 2.62 bits per heavy atom. The van der Waals surface area contributed by atoms with Gasteiger partial charge in [-0.25, -0.2) is 4.79 Å². The van der Waals surface area contributed by atoms with E-state index in [1.165, 1.54) is 12.8 Å². The Hall–Kier alpha value is -0.830. The molecule has 1 rings (SSSR count). The number of carbonyl (C=O) groups is 1. The van der Waals surface area contributed by atoms with Crippen LogP contribution in [-0.2, 0) is 4.79 Å². The highest BCUT2D eigenvalue weighted by atomic mass is 16.4. The number of rotatable bonds is 5. The molecule has 0 amide bonds. The van der Waals surface area contributed by atoms with E-state index < -0.39 is 5.97 Å². The van der Waals surface area contributed by atoms with Gasteiger partial charge in [-0.2, -0.15) is 0 Å². The van der Waals surface area contributed by atoms with Crippen LogP contribution in [0.4, 0.5) is 0 Å². The predicted octanol–water partition coefficient (Wildman–Crippen LogP) is 2.67. The molecule has 0 aliphatic carbocycles. The van der Waals surface area contributed by atoms with Crippen LogP contribution in [0.25, 0.3) is 0 Å². The minimum atomic E-state index is -0.776. The minimum absolute atomic E-state index is 0.536. The molecule has 3 heteroatoms. The SMILES string of the molecule is CC/C(=C/CN1C(C)CCC1CC)C(=O)O. The molecule has 1 N–H and O–H groups in total. The van der Waals surface area contributed by atoms with E-state index in [0.717, 1.165) is 13.0 Å². The zero-order valence-electron chi connectivity index (χ0n) is 10.6. The molecular weight excluding hydrogens is 202 g/mol. The first-order valence-electron chi connectivity index (χ1n) is 6.28. The lowest BCUT2D eigenvalue weighted by molar-refractivity contribution is -0.132. The number of hydrogen-bond donors (Lipinski definition) is 1. The molecule has 2 atom stereocenters. The first-order chi connectivity index (χ1) is 7.60. The Balaban J connectivity index is 2.61. The lowest BCUT2D eigenvalue weighted by atomic mass is 10.1. The van der Waals surface area contributed by atoms with Gasteiger partial charge >= 0.3 is 5.97 Å². The first-order valence-corrected chi connectivity index (χ1v) is 6.28. The van der Waals surface area contributed by atoms with Crippen LogP contribution in [0.2, 0.25) is 0 Å². The van der Waals surface area contributed by atoms with Crippen molar-refractivity contribution < 1.29 is 9.90 Å². The number of hydrogen-bond acceptors (Lipinski definition) is 2. The van der Waals surface area contributed by atoms with Crippen molar-refractivity contribution in [2.45, 2.75) is 58.5 Å². The van der Waals surface area contributed by atoms with Crippen LogP contribution in [0.3, 0.4) is 0 Å². The molecular formula is C13H23NO2. The van der Waals surface area contributed by atoms with E-state index in [-0.39, 0.29) is 0 Å². The van der Waals surface area contributed by atoms with E-state index in [1.807, 2.05) is 13.0 Å². The van der Waals surface area contributed by atoms with Crippen LogP contribution in [0, 0.1) is 0 Å². The predicted molar refractivity (Wildman–Crippen MR) is 65.5 cm³/mol. The summed E-state index contributed by atoms with van der Waals surface area (Å²) < 4.78 is 0. The molecule has 0 radical (unpaired) electrons. The summed E-state index contributed by atoms with van der Waals surface area (Å²) in [6, 6.07) is 1.23. The van der Waals surface area contributed by atoms with Gasteiger partial charge in [0.2, 0.25) is 0 Å². The summed E-state index contributed by atoms with van der Waals surface area (Å²) in [5.41, 5.74) is 0.536. The maximum absolute atomic E-state index is 10.9. The summed E-state index contributed by atoms with van der Waals surface area (Å²) >= 11 is 0. The Kier molecular flexibility index (Phi) is 5.00. The second-order valence-electron chi connectivity index (χ2n) is 4.57.